The molecule has 0 amide bonds. The quantitative estimate of drug-likeness (QED) is 0.363. The number of aromatic nitrogens is 2. The summed E-state index contributed by atoms with van der Waals surface area (Å²) in [6.07, 6.45) is -4.20. The summed E-state index contributed by atoms with van der Waals surface area (Å²) in [5.41, 5.74) is -2.28. The molecule has 1 unspecified atom stereocenters. The minimum absolute atomic E-state index is 0.00749. The molecule has 2 aromatic heterocycles. The lowest BCUT2D eigenvalue weighted by Gasteiger charge is -2.20. The van der Waals surface area contributed by atoms with Crippen molar-refractivity contribution in [1.82, 2.24) is 14.3 Å². The minimum atomic E-state index is -4.80. The van der Waals surface area contributed by atoms with Gasteiger partial charge in [0.05, 0.1) is 10.8 Å². The molecule has 0 spiro atoms. The van der Waals surface area contributed by atoms with Crippen LogP contribution in [0.3, 0.4) is 0 Å². The lowest BCUT2D eigenvalue weighted by Crippen LogP contribution is -2.35. The Kier molecular flexibility index (Phi) is 6.66. The number of benzene rings is 1. The molecular formula is C24H25F6N3O2S. The average Bonchev–Trinajstić information content (AvgIpc) is 3.55. The Bertz CT molecular complexity index is 1390. The summed E-state index contributed by atoms with van der Waals surface area (Å²) in [5.74, 6) is -1.06. The number of nitrogens with zero attached hydrogens (tertiary/aromatic N) is 2. The van der Waals surface area contributed by atoms with Gasteiger partial charge in [-0.05, 0) is 42.0 Å². The highest BCUT2D eigenvalue weighted by atomic mass is 32.2. The van der Waals surface area contributed by atoms with Crippen molar-refractivity contribution in [3.63, 3.8) is 0 Å². The second-order valence-electron chi connectivity index (χ2n) is 10.2. The first-order chi connectivity index (χ1) is 16.6. The van der Waals surface area contributed by atoms with Crippen LogP contribution in [-0.4, -0.2) is 29.6 Å². The van der Waals surface area contributed by atoms with E-state index in [4.69, 9.17) is 0 Å². The Hall–Kier alpha value is -2.60. The molecule has 1 fully saturated rings. The van der Waals surface area contributed by atoms with Crippen LogP contribution in [0.1, 0.15) is 50.8 Å². The molecule has 1 aliphatic rings. The third-order valence-electron chi connectivity index (χ3n) is 5.90. The molecule has 36 heavy (non-hydrogen) atoms. The molecule has 196 valence electrons. The van der Waals surface area contributed by atoms with Crippen LogP contribution in [0.4, 0.5) is 26.3 Å². The van der Waals surface area contributed by atoms with E-state index in [1.165, 1.54) is 12.3 Å². The van der Waals surface area contributed by atoms with Crippen molar-refractivity contribution in [2.45, 2.75) is 64.1 Å². The molecule has 2 heterocycles. The normalized spacial score (nSPS) is 16.2. The molecule has 0 saturated heterocycles. The maximum absolute atomic E-state index is 15.3. The van der Waals surface area contributed by atoms with Gasteiger partial charge in [0.15, 0.2) is 0 Å². The number of hydrogen-bond donors (Lipinski definition) is 1. The van der Waals surface area contributed by atoms with Crippen LogP contribution >= 0.6 is 0 Å². The maximum atomic E-state index is 15.3. The Morgan fingerprint density at radius 3 is 2.36 bits per heavy atom. The van der Waals surface area contributed by atoms with Gasteiger partial charge in [0, 0.05) is 47.2 Å². The van der Waals surface area contributed by atoms with Crippen molar-refractivity contribution in [3.8, 4) is 11.1 Å². The first-order valence-electron chi connectivity index (χ1n) is 11.2. The predicted molar refractivity (Wildman–Crippen MR) is 123 cm³/mol. The Morgan fingerprint density at radius 2 is 1.81 bits per heavy atom. The summed E-state index contributed by atoms with van der Waals surface area (Å²) in [6, 6.07) is 1.16. The Balaban J connectivity index is 1.94. The van der Waals surface area contributed by atoms with Crippen LogP contribution in [0.5, 0.6) is 0 Å². The van der Waals surface area contributed by atoms with Crippen LogP contribution < -0.4 is 4.72 Å². The molecule has 1 saturated carbocycles. The standard InChI is InChI=1S/C24H25F6N3O2S/c1-23(2,3)12-33-11-17(21(22(26)27)32-36(34,35)13-4-5-13)16-8-19(25)15(9-20(16)33)14-6-7-31-10-18(14)24(28,29)30/h6-11,13,21-22,32H,4-5,12H2,1-3H3. The molecule has 12 heteroatoms. The fourth-order valence-corrected chi connectivity index (χ4v) is 5.72. The Morgan fingerprint density at radius 1 is 1.14 bits per heavy atom. The third kappa shape index (κ3) is 5.39. The SMILES string of the molecule is CC(C)(C)Cn1cc(C(NS(=O)(=O)C2CC2)C(F)F)c2cc(F)c(-c3ccncc3C(F)(F)F)cc21. The highest BCUT2D eigenvalue weighted by molar-refractivity contribution is 7.90. The number of sulfonamides is 1. The third-order valence-corrected chi connectivity index (χ3v) is 7.84. The van der Waals surface area contributed by atoms with E-state index < -0.39 is 50.9 Å². The monoisotopic (exact) mass is 533 g/mol. The molecule has 0 radical (unpaired) electrons. The van der Waals surface area contributed by atoms with E-state index >= 15 is 4.39 Å². The van der Waals surface area contributed by atoms with Crippen molar-refractivity contribution >= 4 is 20.9 Å². The largest absolute Gasteiger partial charge is 0.418 e. The summed E-state index contributed by atoms with van der Waals surface area (Å²) in [5, 5.41) is -0.760. The Labute approximate surface area is 204 Å². The van der Waals surface area contributed by atoms with E-state index in [9.17, 15) is 30.4 Å². The van der Waals surface area contributed by atoms with Gasteiger partial charge in [0.1, 0.15) is 11.9 Å². The molecule has 1 N–H and O–H groups in total. The molecule has 0 aliphatic heterocycles. The summed E-state index contributed by atoms with van der Waals surface area (Å²) >= 11 is 0. The van der Waals surface area contributed by atoms with Gasteiger partial charge in [-0.3, -0.25) is 4.98 Å². The van der Waals surface area contributed by atoms with E-state index in [-0.39, 0.29) is 34.0 Å². The fraction of sp³-hybridized carbons (Fsp3) is 0.458. The number of hydrogen-bond acceptors (Lipinski definition) is 3. The van der Waals surface area contributed by atoms with E-state index in [0.717, 1.165) is 18.3 Å². The van der Waals surface area contributed by atoms with E-state index in [1.807, 2.05) is 20.8 Å². The summed E-state index contributed by atoms with van der Waals surface area (Å²) in [7, 11) is -4.02. The summed E-state index contributed by atoms with van der Waals surface area (Å²) in [4.78, 5) is 3.50. The fourth-order valence-electron chi connectivity index (χ4n) is 4.19. The van der Waals surface area contributed by atoms with Gasteiger partial charge in [0.2, 0.25) is 10.0 Å². The van der Waals surface area contributed by atoms with Gasteiger partial charge in [-0.25, -0.2) is 26.3 Å². The number of fused-ring (bicyclic) bond motifs is 1. The first kappa shape index (κ1) is 26.5. The van der Waals surface area contributed by atoms with E-state index in [2.05, 4.69) is 9.71 Å². The van der Waals surface area contributed by atoms with Crippen molar-refractivity contribution in [3.05, 3.63) is 53.7 Å². The van der Waals surface area contributed by atoms with Gasteiger partial charge < -0.3 is 4.57 Å². The van der Waals surface area contributed by atoms with Gasteiger partial charge in [-0.2, -0.15) is 13.2 Å². The second-order valence-corrected chi connectivity index (χ2v) is 12.2. The first-order valence-corrected chi connectivity index (χ1v) is 12.8. The van der Waals surface area contributed by atoms with Gasteiger partial charge in [-0.15, -0.1) is 0 Å². The molecule has 1 aromatic carbocycles. The molecule has 1 aliphatic carbocycles. The van der Waals surface area contributed by atoms with Crippen LogP contribution in [0, 0.1) is 11.2 Å². The number of nitrogens with one attached hydrogen (secondary N) is 1. The zero-order valence-electron chi connectivity index (χ0n) is 19.7. The number of rotatable bonds is 7. The van der Waals surface area contributed by atoms with Crippen molar-refractivity contribution in [2.75, 3.05) is 0 Å². The molecule has 1 atom stereocenters. The number of pyridine rings is 1. The van der Waals surface area contributed by atoms with Crippen LogP contribution in [0.2, 0.25) is 0 Å². The zero-order valence-corrected chi connectivity index (χ0v) is 20.5. The van der Waals surface area contributed by atoms with Crippen molar-refractivity contribution < 1.29 is 34.8 Å². The number of halogens is 6. The highest BCUT2D eigenvalue weighted by Crippen LogP contribution is 2.41. The van der Waals surface area contributed by atoms with E-state index in [1.54, 1.807) is 4.57 Å². The van der Waals surface area contributed by atoms with Crippen molar-refractivity contribution in [2.24, 2.45) is 5.41 Å². The van der Waals surface area contributed by atoms with Gasteiger partial charge >= 0.3 is 6.18 Å². The highest BCUT2D eigenvalue weighted by Gasteiger charge is 2.40. The van der Waals surface area contributed by atoms with Gasteiger partial charge in [-0.1, -0.05) is 20.8 Å². The topological polar surface area (TPSA) is 64.0 Å². The van der Waals surface area contributed by atoms with E-state index in [0.29, 0.717) is 19.0 Å². The maximum Gasteiger partial charge on any atom is 0.418 e. The minimum Gasteiger partial charge on any atom is -0.347 e. The van der Waals surface area contributed by atoms with Crippen LogP contribution in [0.15, 0.2) is 36.8 Å². The second kappa shape index (κ2) is 9.05. The van der Waals surface area contributed by atoms with Crippen LogP contribution in [-0.2, 0) is 22.7 Å². The van der Waals surface area contributed by atoms with Crippen molar-refractivity contribution in [1.29, 1.82) is 0 Å². The zero-order chi connectivity index (χ0) is 26.6. The average molecular weight is 534 g/mol. The number of alkyl halides is 5. The predicted octanol–water partition coefficient (Wildman–Crippen LogP) is 6.30. The molecule has 4 rings (SSSR count). The lowest BCUT2D eigenvalue weighted by atomic mass is 9.96. The summed E-state index contributed by atoms with van der Waals surface area (Å²) in [6.45, 7) is 5.86. The van der Waals surface area contributed by atoms with Gasteiger partial charge in [0.25, 0.3) is 6.43 Å². The lowest BCUT2D eigenvalue weighted by molar-refractivity contribution is -0.137. The molecule has 5 nitrogen and oxygen atoms in total. The van der Waals surface area contributed by atoms with Crippen LogP contribution in [0.25, 0.3) is 22.0 Å². The molecular weight excluding hydrogens is 508 g/mol. The smallest absolute Gasteiger partial charge is 0.347 e. The summed E-state index contributed by atoms with van der Waals surface area (Å²) < 4.78 is 113. The molecule has 3 aromatic rings. The molecule has 0 bridgehead atoms.